The van der Waals surface area contributed by atoms with Gasteiger partial charge in [-0.25, -0.2) is 0 Å². The van der Waals surface area contributed by atoms with Gasteiger partial charge in [0.15, 0.2) is 0 Å². The Bertz CT molecular complexity index is 948. The van der Waals surface area contributed by atoms with E-state index in [4.69, 9.17) is 20.4 Å². The number of amides is 1. The summed E-state index contributed by atoms with van der Waals surface area (Å²) in [5.74, 6) is 0.744. The molecule has 0 bridgehead atoms. The largest absolute Gasteiger partial charge is 0.457 e. The fourth-order valence-corrected chi connectivity index (χ4v) is 2.36. The van der Waals surface area contributed by atoms with E-state index in [0.717, 1.165) is 0 Å². The van der Waals surface area contributed by atoms with Crippen molar-refractivity contribution in [1.29, 1.82) is 5.41 Å². The second-order valence-electron chi connectivity index (χ2n) is 5.81. The molecule has 0 atom stereocenters. The zero-order valence-corrected chi connectivity index (χ0v) is 14.4. The lowest BCUT2D eigenvalue weighted by molar-refractivity contribution is 0.0965. The van der Waals surface area contributed by atoms with Crippen LogP contribution < -0.4 is 10.5 Å². The Labute approximate surface area is 150 Å². The number of nitrogens with one attached hydrogen (secondary N) is 1. The van der Waals surface area contributed by atoms with E-state index in [-0.39, 0.29) is 5.76 Å². The zero-order valence-electron chi connectivity index (χ0n) is 14.4. The number of benzene rings is 2. The Balaban J connectivity index is 2.07. The molecule has 0 saturated heterocycles. The van der Waals surface area contributed by atoms with E-state index in [2.05, 4.69) is 5.16 Å². The highest BCUT2D eigenvalue weighted by atomic mass is 16.5. The fraction of sp³-hybridized carbons (Fsp3) is 0.105. The molecule has 0 radical (unpaired) electrons. The van der Waals surface area contributed by atoms with Crippen molar-refractivity contribution in [3.8, 4) is 22.8 Å². The van der Waals surface area contributed by atoms with E-state index in [9.17, 15) is 4.79 Å². The third-order valence-corrected chi connectivity index (χ3v) is 3.70. The van der Waals surface area contributed by atoms with Gasteiger partial charge < -0.3 is 19.9 Å². The number of aromatic nitrogens is 1. The smallest absolute Gasteiger partial charge is 0.287 e. The third kappa shape index (κ3) is 3.56. The average molecular weight is 350 g/mol. The normalized spacial score (nSPS) is 10.4. The molecule has 132 valence electrons. The molecular formula is C19H18N4O3. The van der Waals surface area contributed by atoms with Crippen molar-refractivity contribution in [2.24, 2.45) is 5.73 Å². The van der Waals surface area contributed by atoms with Crippen molar-refractivity contribution in [1.82, 2.24) is 10.1 Å². The SMILES string of the molecule is CN(C)C(=N)c1ccc(-c2cc(C(N)=O)on2)c(Oc2ccccc2)c1. The molecule has 3 N–H and O–H groups in total. The lowest BCUT2D eigenvalue weighted by Gasteiger charge is -2.16. The van der Waals surface area contributed by atoms with Gasteiger partial charge in [-0.15, -0.1) is 0 Å². The van der Waals surface area contributed by atoms with Gasteiger partial charge in [0.2, 0.25) is 5.76 Å². The van der Waals surface area contributed by atoms with Crippen molar-refractivity contribution < 1.29 is 14.1 Å². The zero-order chi connectivity index (χ0) is 18.7. The number of hydrogen-bond acceptors (Lipinski definition) is 5. The monoisotopic (exact) mass is 350 g/mol. The van der Waals surface area contributed by atoms with Crippen LogP contribution in [0.3, 0.4) is 0 Å². The van der Waals surface area contributed by atoms with Crippen molar-refractivity contribution in [2.45, 2.75) is 0 Å². The molecule has 3 aromatic rings. The second-order valence-corrected chi connectivity index (χ2v) is 5.81. The molecule has 0 aliphatic carbocycles. The molecule has 1 amide bonds. The van der Waals surface area contributed by atoms with E-state index in [0.29, 0.717) is 34.2 Å². The van der Waals surface area contributed by atoms with Crippen molar-refractivity contribution in [2.75, 3.05) is 14.1 Å². The number of nitrogens with zero attached hydrogens (tertiary/aromatic N) is 2. The number of primary amides is 1. The lowest BCUT2D eigenvalue weighted by atomic mass is 10.1. The fourth-order valence-electron chi connectivity index (χ4n) is 2.36. The number of hydrogen-bond donors (Lipinski definition) is 2. The van der Waals surface area contributed by atoms with Gasteiger partial charge in [0.25, 0.3) is 5.91 Å². The Morgan fingerprint density at radius 3 is 2.50 bits per heavy atom. The highest BCUT2D eigenvalue weighted by Gasteiger charge is 2.17. The van der Waals surface area contributed by atoms with Crippen molar-refractivity contribution >= 4 is 11.7 Å². The highest BCUT2D eigenvalue weighted by molar-refractivity contribution is 5.97. The summed E-state index contributed by atoms with van der Waals surface area (Å²) in [6.07, 6.45) is 0. The van der Waals surface area contributed by atoms with Gasteiger partial charge in [-0.3, -0.25) is 10.2 Å². The van der Waals surface area contributed by atoms with Crippen LogP contribution in [0, 0.1) is 5.41 Å². The summed E-state index contributed by atoms with van der Waals surface area (Å²) in [6.45, 7) is 0. The van der Waals surface area contributed by atoms with E-state index in [1.54, 1.807) is 37.2 Å². The molecular weight excluding hydrogens is 332 g/mol. The summed E-state index contributed by atoms with van der Waals surface area (Å²) < 4.78 is 11.0. The summed E-state index contributed by atoms with van der Waals surface area (Å²) in [4.78, 5) is 13.0. The van der Waals surface area contributed by atoms with E-state index in [1.807, 2.05) is 30.3 Å². The molecule has 7 nitrogen and oxygen atoms in total. The first-order chi connectivity index (χ1) is 12.5. The minimum atomic E-state index is -0.694. The molecule has 0 unspecified atom stereocenters. The molecule has 0 saturated carbocycles. The number of ether oxygens (including phenoxy) is 1. The van der Waals surface area contributed by atoms with E-state index in [1.165, 1.54) is 6.07 Å². The predicted octanol–water partition coefficient (Wildman–Crippen LogP) is 3.12. The van der Waals surface area contributed by atoms with Crippen molar-refractivity contribution in [3.63, 3.8) is 0 Å². The maximum absolute atomic E-state index is 11.3. The van der Waals surface area contributed by atoms with Crippen LogP contribution in [0.1, 0.15) is 16.1 Å². The number of para-hydroxylation sites is 1. The van der Waals surface area contributed by atoms with Crippen LogP contribution in [0.5, 0.6) is 11.5 Å². The van der Waals surface area contributed by atoms with E-state index >= 15 is 0 Å². The van der Waals surface area contributed by atoms with Gasteiger partial charge in [0.05, 0.1) is 0 Å². The molecule has 0 spiro atoms. The number of amidine groups is 1. The molecule has 0 aliphatic rings. The van der Waals surface area contributed by atoms with Crippen LogP contribution in [0.25, 0.3) is 11.3 Å². The number of carbonyl (C=O) groups excluding carboxylic acids is 1. The van der Waals surface area contributed by atoms with Gasteiger partial charge in [0, 0.05) is 31.3 Å². The Hall–Kier alpha value is -3.61. The molecule has 1 aromatic heterocycles. The number of rotatable bonds is 5. The number of nitrogens with two attached hydrogens (primary N) is 1. The lowest BCUT2D eigenvalue weighted by Crippen LogP contribution is -2.21. The molecule has 0 fully saturated rings. The standard InChI is InChI=1S/C19H18N4O3/c1-23(2)18(20)12-8-9-14(15-11-17(19(21)24)26-22-15)16(10-12)25-13-6-4-3-5-7-13/h3-11,20H,1-2H3,(H2,21,24). The molecule has 3 rings (SSSR count). The van der Waals surface area contributed by atoms with Crippen LogP contribution in [-0.2, 0) is 0 Å². The minimum Gasteiger partial charge on any atom is -0.457 e. The van der Waals surface area contributed by atoms with Crippen LogP contribution in [-0.4, -0.2) is 35.9 Å². The molecule has 26 heavy (non-hydrogen) atoms. The molecule has 1 heterocycles. The first-order valence-electron chi connectivity index (χ1n) is 7.86. The third-order valence-electron chi connectivity index (χ3n) is 3.70. The van der Waals surface area contributed by atoms with Gasteiger partial charge in [-0.2, -0.15) is 0 Å². The van der Waals surface area contributed by atoms with Crippen LogP contribution in [0.2, 0.25) is 0 Å². The minimum absolute atomic E-state index is 0.0317. The maximum atomic E-state index is 11.3. The topological polar surface area (TPSA) is 105 Å². The first-order valence-corrected chi connectivity index (χ1v) is 7.86. The summed E-state index contributed by atoms with van der Waals surface area (Å²) in [7, 11) is 3.59. The Kier molecular flexibility index (Phi) is 4.70. The number of carbonyl (C=O) groups is 1. The van der Waals surface area contributed by atoms with Crippen LogP contribution >= 0.6 is 0 Å². The van der Waals surface area contributed by atoms with Gasteiger partial charge >= 0.3 is 0 Å². The van der Waals surface area contributed by atoms with Crippen molar-refractivity contribution in [3.05, 3.63) is 65.9 Å². The Morgan fingerprint density at radius 1 is 1.15 bits per heavy atom. The van der Waals surface area contributed by atoms with Crippen LogP contribution in [0.15, 0.2) is 59.1 Å². The van der Waals surface area contributed by atoms with E-state index < -0.39 is 5.91 Å². The average Bonchev–Trinajstić information content (AvgIpc) is 3.12. The summed E-state index contributed by atoms with van der Waals surface area (Å²) in [5.41, 5.74) is 6.96. The Morgan fingerprint density at radius 2 is 1.88 bits per heavy atom. The molecule has 0 aliphatic heterocycles. The maximum Gasteiger partial charge on any atom is 0.287 e. The summed E-state index contributed by atoms with van der Waals surface area (Å²) in [5, 5.41) is 12.1. The van der Waals surface area contributed by atoms with Gasteiger partial charge in [0.1, 0.15) is 23.0 Å². The highest BCUT2D eigenvalue weighted by Crippen LogP contribution is 2.34. The molecule has 2 aromatic carbocycles. The van der Waals surface area contributed by atoms with Crippen LogP contribution in [0.4, 0.5) is 0 Å². The van der Waals surface area contributed by atoms with Gasteiger partial charge in [-0.05, 0) is 24.3 Å². The van der Waals surface area contributed by atoms with Gasteiger partial charge in [-0.1, -0.05) is 29.4 Å². The quantitative estimate of drug-likeness (QED) is 0.543. The summed E-state index contributed by atoms with van der Waals surface area (Å²) >= 11 is 0. The second kappa shape index (κ2) is 7.10. The first kappa shape index (κ1) is 17.2. The molecule has 7 heteroatoms. The predicted molar refractivity (Wildman–Crippen MR) is 97.5 cm³/mol. The summed E-state index contributed by atoms with van der Waals surface area (Å²) in [6, 6.07) is 16.0.